The monoisotopic (exact) mass is 319 g/mol. The molecule has 0 spiro atoms. The molecule has 2 heterocycles. The van der Waals surface area contributed by atoms with E-state index in [1.807, 2.05) is 6.20 Å². The number of aromatic nitrogens is 1. The minimum atomic E-state index is -0.352. The number of aryl methyl sites for hydroxylation is 1. The zero-order valence-corrected chi connectivity index (χ0v) is 15.6. The van der Waals surface area contributed by atoms with Crippen LogP contribution in [0.2, 0.25) is 0 Å². The van der Waals surface area contributed by atoms with E-state index < -0.39 is 0 Å². The number of rotatable bonds is 6. The van der Waals surface area contributed by atoms with Gasteiger partial charge in [-0.15, -0.1) is 0 Å². The van der Waals surface area contributed by atoms with Gasteiger partial charge in [0, 0.05) is 18.2 Å². The molecule has 23 heavy (non-hydrogen) atoms. The number of hydrogen-bond donors (Lipinski definition) is 1. The van der Waals surface area contributed by atoms with Crippen molar-refractivity contribution in [3.63, 3.8) is 0 Å². The number of nitrogens with zero attached hydrogens (tertiary/aromatic N) is 2. The van der Waals surface area contributed by atoms with Crippen molar-refractivity contribution in [3.05, 3.63) is 17.8 Å². The van der Waals surface area contributed by atoms with E-state index in [9.17, 15) is 0 Å². The van der Waals surface area contributed by atoms with Gasteiger partial charge in [-0.1, -0.05) is 0 Å². The second-order valence-corrected chi connectivity index (χ2v) is 7.60. The summed E-state index contributed by atoms with van der Waals surface area (Å²) in [7, 11) is 3.82. The van der Waals surface area contributed by atoms with Crippen molar-refractivity contribution in [2.75, 3.05) is 32.5 Å². The Morgan fingerprint density at radius 1 is 1.17 bits per heavy atom. The lowest BCUT2D eigenvalue weighted by Gasteiger charge is -2.32. The normalized spacial score (nSPS) is 19.4. The fraction of sp³-hybridized carbons (Fsp3) is 0.706. The maximum Gasteiger partial charge on any atom is 0.496 e. The highest BCUT2D eigenvalue weighted by molar-refractivity contribution is 6.62. The Bertz CT molecular complexity index is 531. The molecule has 2 rings (SSSR count). The molecule has 0 saturated carbocycles. The van der Waals surface area contributed by atoms with Gasteiger partial charge in [0.2, 0.25) is 0 Å². The van der Waals surface area contributed by atoms with Crippen LogP contribution in [0.5, 0.6) is 0 Å². The largest absolute Gasteiger partial charge is 0.496 e. The Hall–Kier alpha value is -1.11. The van der Waals surface area contributed by atoms with Crippen LogP contribution in [0.15, 0.2) is 12.3 Å². The molecule has 0 amide bonds. The number of pyridine rings is 1. The Morgan fingerprint density at radius 2 is 1.78 bits per heavy atom. The predicted molar refractivity (Wildman–Crippen MR) is 96.4 cm³/mol. The van der Waals surface area contributed by atoms with Crippen molar-refractivity contribution in [1.29, 1.82) is 0 Å². The molecule has 1 aliphatic rings. The van der Waals surface area contributed by atoms with Crippen LogP contribution in [0.1, 0.15) is 39.7 Å². The standard InChI is InChI=1S/C17H30BN3O2/c1-13-11-15(19-9-8-10-21(6)7)20-12-14(13)18-22-16(2,3)17(4,5)23-18/h11-12H,8-10H2,1-7H3,(H,19,20). The van der Waals surface area contributed by atoms with Crippen molar-refractivity contribution >= 4 is 18.4 Å². The lowest BCUT2D eigenvalue weighted by molar-refractivity contribution is 0.00578. The lowest BCUT2D eigenvalue weighted by Crippen LogP contribution is -2.41. The van der Waals surface area contributed by atoms with Crippen LogP contribution in [0.4, 0.5) is 5.82 Å². The first-order valence-electron chi connectivity index (χ1n) is 8.33. The van der Waals surface area contributed by atoms with Gasteiger partial charge in [-0.05, 0) is 73.3 Å². The van der Waals surface area contributed by atoms with E-state index in [1.54, 1.807) is 0 Å². The Labute approximate surface area is 140 Å². The van der Waals surface area contributed by atoms with E-state index in [0.29, 0.717) is 0 Å². The molecule has 1 aromatic heterocycles. The molecule has 5 nitrogen and oxygen atoms in total. The minimum absolute atomic E-state index is 0.326. The van der Waals surface area contributed by atoms with Crippen LogP contribution >= 0.6 is 0 Å². The predicted octanol–water partition coefficient (Wildman–Crippen LogP) is 2.05. The van der Waals surface area contributed by atoms with Crippen LogP contribution in [0, 0.1) is 6.92 Å². The molecule has 0 aliphatic carbocycles. The summed E-state index contributed by atoms with van der Waals surface area (Å²) in [5.41, 5.74) is 1.48. The molecular formula is C17H30BN3O2. The molecule has 128 valence electrons. The molecule has 0 bridgehead atoms. The van der Waals surface area contributed by atoms with E-state index in [-0.39, 0.29) is 18.3 Å². The second kappa shape index (κ2) is 6.79. The zero-order chi connectivity index (χ0) is 17.3. The van der Waals surface area contributed by atoms with E-state index >= 15 is 0 Å². The molecule has 1 aliphatic heterocycles. The topological polar surface area (TPSA) is 46.6 Å². The Kier molecular flexibility index (Phi) is 5.39. The van der Waals surface area contributed by atoms with E-state index in [4.69, 9.17) is 9.31 Å². The maximum absolute atomic E-state index is 6.11. The first-order chi connectivity index (χ1) is 10.6. The van der Waals surface area contributed by atoms with Gasteiger partial charge in [-0.3, -0.25) is 0 Å². The third-order valence-corrected chi connectivity index (χ3v) is 4.75. The molecule has 1 aromatic rings. The molecule has 0 radical (unpaired) electrons. The van der Waals surface area contributed by atoms with Crippen molar-refractivity contribution in [3.8, 4) is 0 Å². The van der Waals surface area contributed by atoms with Gasteiger partial charge >= 0.3 is 7.12 Å². The number of anilines is 1. The van der Waals surface area contributed by atoms with Crippen molar-refractivity contribution in [1.82, 2.24) is 9.88 Å². The van der Waals surface area contributed by atoms with Crippen molar-refractivity contribution in [2.24, 2.45) is 0 Å². The van der Waals surface area contributed by atoms with Crippen LogP contribution in [0.25, 0.3) is 0 Å². The smallest absolute Gasteiger partial charge is 0.399 e. The lowest BCUT2D eigenvalue weighted by atomic mass is 9.77. The molecule has 6 heteroatoms. The summed E-state index contributed by atoms with van der Waals surface area (Å²) in [5.74, 6) is 0.904. The second-order valence-electron chi connectivity index (χ2n) is 7.60. The summed E-state index contributed by atoms with van der Waals surface area (Å²) < 4.78 is 12.2. The molecule has 1 N–H and O–H groups in total. The average molecular weight is 319 g/mol. The van der Waals surface area contributed by atoms with Crippen LogP contribution in [-0.2, 0) is 9.31 Å². The van der Waals surface area contributed by atoms with Gasteiger partial charge in [-0.25, -0.2) is 4.98 Å². The first kappa shape index (κ1) is 18.2. The summed E-state index contributed by atoms with van der Waals surface area (Å²) in [5, 5.41) is 3.37. The van der Waals surface area contributed by atoms with Gasteiger partial charge in [0.1, 0.15) is 5.82 Å². The van der Waals surface area contributed by atoms with E-state index in [0.717, 1.165) is 36.4 Å². The van der Waals surface area contributed by atoms with Crippen molar-refractivity contribution in [2.45, 2.75) is 52.2 Å². The fourth-order valence-corrected chi connectivity index (χ4v) is 2.49. The summed E-state index contributed by atoms with van der Waals surface area (Å²) in [6.07, 6.45) is 2.96. The number of nitrogens with one attached hydrogen (secondary N) is 1. The highest BCUT2D eigenvalue weighted by Gasteiger charge is 2.52. The van der Waals surface area contributed by atoms with Crippen LogP contribution < -0.4 is 10.8 Å². The molecule has 0 unspecified atom stereocenters. The van der Waals surface area contributed by atoms with Gasteiger partial charge in [-0.2, -0.15) is 0 Å². The molecule has 0 atom stereocenters. The number of hydrogen-bond acceptors (Lipinski definition) is 5. The van der Waals surface area contributed by atoms with E-state index in [2.05, 4.69) is 70.0 Å². The Balaban J connectivity index is 2.00. The Morgan fingerprint density at radius 3 is 2.30 bits per heavy atom. The van der Waals surface area contributed by atoms with Crippen molar-refractivity contribution < 1.29 is 9.31 Å². The molecule has 1 saturated heterocycles. The quantitative estimate of drug-likeness (QED) is 0.642. The third kappa shape index (κ3) is 4.25. The average Bonchev–Trinajstić information content (AvgIpc) is 2.63. The molecule has 0 aromatic carbocycles. The molecular weight excluding hydrogens is 289 g/mol. The maximum atomic E-state index is 6.11. The van der Waals surface area contributed by atoms with Gasteiger partial charge in [0.15, 0.2) is 0 Å². The van der Waals surface area contributed by atoms with Crippen LogP contribution in [0.3, 0.4) is 0 Å². The van der Waals surface area contributed by atoms with E-state index in [1.165, 1.54) is 0 Å². The van der Waals surface area contributed by atoms with Gasteiger partial charge < -0.3 is 19.5 Å². The summed E-state index contributed by atoms with van der Waals surface area (Å²) in [6, 6.07) is 2.07. The summed E-state index contributed by atoms with van der Waals surface area (Å²) >= 11 is 0. The highest BCUT2D eigenvalue weighted by Crippen LogP contribution is 2.36. The minimum Gasteiger partial charge on any atom is -0.399 e. The summed E-state index contributed by atoms with van der Waals surface area (Å²) in [4.78, 5) is 6.69. The third-order valence-electron chi connectivity index (χ3n) is 4.75. The fourth-order valence-electron chi connectivity index (χ4n) is 2.49. The molecule has 1 fully saturated rings. The van der Waals surface area contributed by atoms with Gasteiger partial charge in [0.25, 0.3) is 0 Å². The first-order valence-corrected chi connectivity index (χ1v) is 8.33. The zero-order valence-electron chi connectivity index (χ0n) is 15.6. The van der Waals surface area contributed by atoms with Crippen LogP contribution in [-0.4, -0.2) is 55.4 Å². The highest BCUT2D eigenvalue weighted by atomic mass is 16.7. The summed E-state index contributed by atoms with van der Waals surface area (Å²) in [6.45, 7) is 12.3. The SMILES string of the molecule is Cc1cc(NCCCN(C)C)ncc1B1OC(C)(C)C(C)(C)O1. The van der Waals surface area contributed by atoms with Gasteiger partial charge in [0.05, 0.1) is 11.2 Å².